The molecule has 29 heavy (non-hydrogen) atoms. The first-order chi connectivity index (χ1) is 13.8. The predicted octanol–water partition coefficient (Wildman–Crippen LogP) is 2.78. The lowest BCUT2D eigenvalue weighted by Gasteiger charge is -2.07. The molecule has 0 radical (unpaired) electrons. The minimum atomic E-state index is -3.90. The van der Waals surface area contributed by atoms with Crippen LogP contribution in [0.1, 0.15) is 21.1 Å². The summed E-state index contributed by atoms with van der Waals surface area (Å²) in [6, 6.07) is 10.0. The van der Waals surface area contributed by atoms with Gasteiger partial charge < -0.3 is 5.32 Å². The van der Waals surface area contributed by atoms with Gasteiger partial charge in [-0.25, -0.2) is 17.5 Å². The molecule has 0 unspecified atom stereocenters. The highest BCUT2D eigenvalue weighted by Crippen LogP contribution is 2.19. The maximum atomic E-state index is 13.2. The zero-order valence-electron chi connectivity index (χ0n) is 14.9. The van der Waals surface area contributed by atoms with E-state index in [1.54, 1.807) is 11.3 Å². The molecule has 0 aliphatic rings. The number of amides is 1. The number of halogens is 2. The molecule has 3 aromatic rings. The van der Waals surface area contributed by atoms with E-state index in [1.165, 1.54) is 17.0 Å². The third kappa shape index (κ3) is 5.80. The Labute approximate surface area is 176 Å². The summed E-state index contributed by atoms with van der Waals surface area (Å²) >= 11 is 7.24. The third-order valence-corrected chi connectivity index (χ3v) is 6.46. The number of benzene rings is 1. The fourth-order valence-corrected chi connectivity index (χ4v) is 4.30. The Kier molecular flexibility index (Phi) is 6.91. The summed E-state index contributed by atoms with van der Waals surface area (Å²) in [4.78, 5) is 13.1. The van der Waals surface area contributed by atoms with E-state index in [0.29, 0.717) is 12.2 Å². The van der Waals surface area contributed by atoms with Crippen LogP contribution in [0.3, 0.4) is 0 Å². The summed E-state index contributed by atoms with van der Waals surface area (Å²) in [7, 11) is -3.90. The second-order valence-electron chi connectivity index (χ2n) is 5.90. The number of carbonyl (C=O) groups excluding carboxylic acids is 1. The molecule has 2 aromatic heterocycles. The number of hydrogen-bond donors (Lipinski definition) is 2. The van der Waals surface area contributed by atoms with Crippen LogP contribution in [0.4, 0.5) is 4.39 Å². The Hall–Kier alpha value is -2.40. The molecular weight excluding hydrogens is 439 g/mol. The van der Waals surface area contributed by atoms with Gasteiger partial charge in [0.15, 0.2) is 5.69 Å². The minimum Gasteiger partial charge on any atom is -0.350 e. The average Bonchev–Trinajstić information content (AvgIpc) is 3.22. The summed E-state index contributed by atoms with van der Waals surface area (Å²) in [5.74, 6) is -1.07. The standard InChI is InChI=1S/C18H16ClFN4O3S2/c19-15-10-14(4-5-16(15)20)29(26,27)22-11-12-3-6-17(24-23-12)18(25)21-8-7-13-2-1-9-28-13/h1-6,9-10,22H,7-8,11H2,(H,21,25). The number of sulfonamides is 1. The number of thiophene rings is 1. The fourth-order valence-electron chi connectivity index (χ4n) is 2.32. The van der Waals surface area contributed by atoms with Crippen molar-refractivity contribution in [3.05, 3.63) is 74.9 Å². The molecule has 0 saturated carbocycles. The Morgan fingerprint density at radius 2 is 2.00 bits per heavy atom. The Bertz CT molecular complexity index is 1090. The van der Waals surface area contributed by atoms with Crippen LogP contribution in [0.2, 0.25) is 5.02 Å². The van der Waals surface area contributed by atoms with E-state index in [9.17, 15) is 17.6 Å². The smallest absolute Gasteiger partial charge is 0.271 e. The lowest BCUT2D eigenvalue weighted by atomic mass is 10.3. The lowest BCUT2D eigenvalue weighted by Crippen LogP contribution is -2.27. The Balaban J connectivity index is 1.54. The first-order valence-corrected chi connectivity index (χ1v) is 11.2. The number of aromatic nitrogens is 2. The van der Waals surface area contributed by atoms with Crippen molar-refractivity contribution in [2.75, 3.05) is 6.54 Å². The van der Waals surface area contributed by atoms with E-state index < -0.39 is 15.8 Å². The van der Waals surface area contributed by atoms with Crippen LogP contribution in [0.15, 0.2) is 52.7 Å². The van der Waals surface area contributed by atoms with Gasteiger partial charge in [-0.2, -0.15) is 5.10 Å². The summed E-state index contributed by atoms with van der Waals surface area (Å²) < 4.78 is 40.0. The van der Waals surface area contributed by atoms with Crippen LogP contribution in [0.25, 0.3) is 0 Å². The van der Waals surface area contributed by atoms with Gasteiger partial charge in [0.2, 0.25) is 10.0 Å². The second kappa shape index (κ2) is 9.40. The highest BCUT2D eigenvalue weighted by Gasteiger charge is 2.16. The van der Waals surface area contributed by atoms with Crippen molar-refractivity contribution in [3.63, 3.8) is 0 Å². The molecule has 0 atom stereocenters. The van der Waals surface area contributed by atoms with E-state index in [0.717, 1.165) is 24.6 Å². The van der Waals surface area contributed by atoms with Crippen LogP contribution in [-0.4, -0.2) is 31.1 Å². The number of carbonyl (C=O) groups is 1. The Morgan fingerprint density at radius 1 is 1.17 bits per heavy atom. The molecule has 0 fully saturated rings. The van der Waals surface area contributed by atoms with Gasteiger partial charge in [0, 0.05) is 11.4 Å². The van der Waals surface area contributed by atoms with Gasteiger partial charge in [0.25, 0.3) is 5.91 Å². The lowest BCUT2D eigenvalue weighted by molar-refractivity contribution is 0.0948. The van der Waals surface area contributed by atoms with Crippen molar-refractivity contribution >= 4 is 38.9 Å². The first-order valence-electron chi connectivity index (χ1n) is 8.43. The molecule has 1 amide bonds. The number of nitrogens with one attached hydrogen (secondary N) is 2. The number of nitrogens with zero attached hydrogens (tertiary/aromatic N) is 2. The van der Waals surface area contributed by atoms with E-state index in [1.807, 2.05) is 17.5 Å². The molecular formula is C18H16ClFN4O3S2. The van der Waals surface area contributed by atoms with Crippen molar-refractivity contribution in [2.24, 2.45) is 0 Å². The first kappa shape index (κ1) is 21.3. The minimum absolute atomic E-state index is 0.133. The van der Waals surface area contributed by atoms with Crippen molar-refractivity contribution in [1.82, 2.24) is 20.2 Å². The molecule has 11 heteroatoms. The molecule has 2 heterocycles. The van der Waals surface area contributed by atoms with E-state index in [-0.39, 0.29) is 28.1 Å². The fraction of sp³-hybridized carbons (Fsp3) is 0.167. The second-order valence-corrected chi connectivity index (χ2v) is 9.10. The number of rotatable bonds is 8. The quantitative estimate of drug-likeness (QED) is 0.545. The maximum Gasteiger partial charge on any atom is 0.271 e. The molecule has 0 saturated heterocycles. The van der Waals surface area contributed by atoms with Crippen molar-refractivity contribution in [2.45, 2.75) is 17.9 Å². The topological polar surface area (TPSA) is 101 Å². The van der Waals surface area contributed by atoms with Crippen molar-refractivity contribution in [3.8, 4) is 0 Å². The maximum absolute atomic E-state index is 13.2. The summed E-state index contributed by atoms with van der Waals surface area (Å²) in [6.07, 6.45) is 0.726. The van der Waals surface area contributed by atoms with E-state index in [2.05, 4.69) is 20.2 Å². The third-order valence-electron chi connectivity index (χ3n) is 3.83. The van der Waals surface area contributed by atoms with Gasteiger partial charge in [-0.3, -0.25) is 4.79 Å². The highest BCUT2D eigenvalue weighted by molar-refractivity contribution is 7.89. The average molecular weight is 455 g/mol. The molecule has 2 N–H and O–H groups in total. The molecule has 0 aliphatic carbocycles. The SMILES string of the molecule is O=C(NCCc1cccs1)c1ccc(CNS(=O)(=O)c2ccc(F)c(Cl)c2)nn1. The number of hydrogen-bond acceptors (Lipinski definition) is 6. The van der Waals surface area contributed by atoms with E-state index in [4.69, 9.17) is 11.6 Å². The van der Waals surface area contributed by atoms with Crippen LogP contribution in [0.5, 0.6) is 0 Å². The van der Waals surface area contributed by atoms with Crippen molar-refractivity contribution in [1.29, 1.82) is 0 Å². The van der Waals surface area contributed by atoms with Crippen LogP contribution in [0, 0.1) is 5.82 Å². The van der Waals surface area contributed by atoms with Gasteiger partial charge in [-0.15, -0.1) is 16.4 Å². The van der Waals surface area contributed by atoms with Gasteiger partial charge in [-0.05, 0) is 48.2 Å². The molecule has 0 aliphatic heterocycles. The van der Waals surface area contributed by atoms with Gasteiger partial charge >= 0.3 is 0 Å². The summed E-state index contributed by atoms with van der Waals surface area (Å²) in [5, 5.41) is 12.1. The van der Waals surface area contributed by atoms with Crippen LogP contribution < -0.4 is 10.0 Å². The van der Waals surface area contributed by atoms with Crippen molar-refractivity contribution < 1.29 is 17.6 Å². The van der Waals surface area contributed by atoms with Crippen LogP contribution >= 0.6 is 22.9 Å². The summed E-state index contributed by atoms with van der Waals surface area (Å²) in [5.41, 5.74) is 0.449. The largest absolute Gasteiger partial charge is 0.350 e. The summed E-state index contributed by atoms with van der Waals surface area (Å²) in [6.45, 7) is 0.327. The van der Waals surface area contributed by atoms with Gasteiger partial charge in [0.05, 0.1) is 22.2 Å². The molecule has 1 aromatic carbocycles. The van der Waals surface area contributed by atoms with Gasteiger partial charge in [-0.1, -0.05) is 17.7 Å². The monoisotopic (exact) mass is 454 g/mol. The molecule has 0 spiro atoms. The molecule has 7 nitrogen and oxygen atoms in total. The molecule has 152 valence electrons. The predicted molar refractivity (Wildman–Crippen MR) is 108 cm³/mol. The normalized spacial score (nSPS) is 11.4. The van der Waals surface area contributed by atoms with Gasteiger partial charge in [0.1, 0.15) is 5.82 Å². The highest BCUT2D eigenvalue weighted by atomic mass is 35.5. The van der Waals surface area contributed by atoms with E-state index >= 15 is 0 Å². The molecule has 3 rings (SSSR count). The van der Waals surface area contributed by atoms with Crippen LogP contribution in [-0.2, 0) is 23.0 Å². The Morgan fingerprint density at radius 3 is 2.66 bits per heavy atom. The zero-order valence-corrected chi connectivity index (χ0v) is 17.3. The molecule has 0 bridgehead atoms. The zero-order chi connectivity index (χ0) is 20.9.